The Morgan fingerprint density at radius 1 is 1.00 bits per heavy atom. The van der Waals surface area contributed by atoms with Gasteiger partial charge in [0.25, 0.3) is 5.91 Å². The second-order valence-corrected chi connectivity index (χ2v) is 10.8. The largest absolute Gasteiger partial charge is 0.360 e. The van der Waals surface area contributed by atoms with Crippen LogP contribution in [0.4, 0.5) is 4.39 Å². The minimum absolute atomic E-state index is 0.125. The summed E-state index contributed by atoms with van der Waals surface area (Å²) in [5.74, 6) is 1.24. The lowest BCUT2D eigenvalue weighted by atomic mass is 9.87. The Hall–Kier alpha value is -2.96. The number of piperidine rings is 1. The third-order valence-corrected chi connectivity index (χ3v) is 8.64. The van der Waals surface area contributed by atoms with E-state index >= 15 is 0 Å². The van der Waals surface area contributed by atoms with Crippen LogP contribution in [-0.4, -0.2) is 53.4 Å². The van der Waals surface area contributed by atoms with Crippen LogP contribution >= 0.6 is 11.3 Å². The summed E-state index contributed by atoms with van der Waals surface area (Å²) in [6, 6.07) is 17.3. The molecule has 1 N–H and O–H groups in total. The molecule has 4 nitrogen and oxygen atoms in total. The number of likely N-dealkylation sites (tertiary alicyclic amines) is 2. The van der Waals surface area contributed by atoms with Crippen molar-refractivity contribution in [2.45, 2.75) is 24.7 Å². The Labute approximate surface area is 209 Å². The maximum atomic E-state index is 13.6. The summed E-state index contributed by atoms with van der Waals surface area (Å²) in [4.78, 5) is 21.5. The van der Waals surface area contributed by atoms with Crippen molar-refractivity contribution in [1.82, 2.24) is 14.8 Å². The molecule has 180 valence electrons. The standard InChI is InChI=1S/C29H30FN3OS/c30-24-7-5-20(6-8-24)21-9-12-32(13-10-21)16-23-17-33(18-27(23)22-11-14-35-19-22)29(34)26-15-31-28-4-2-1-3-25(26)28/h1-8,11,14-15,19,21,23,27,31H,9-10,12-13,16-18H2. The van der Waals surface area contributed by atoms with E-state index in [1.807, 2.05) is 42.6 Å². The topological polar surface area (TPSA) is 39.3 Å². The predicted octanol–water partition coefficient (Wildman–Crippen LogP) is 6.10. The summed E-state index contributed by atoms with van der Waals surface area (Å²) >= 11 is 1.73. The molecular weight excluding hydrogens is 457 g/mol. The highest BCUT2D eigenvalue weighted by Gasteiger charge is 2.38. The number of aromatic amines is 1. The minimum atomic E-state index is -0.168. The molecule has 2 aliphatic rings. The van der Waals surface area contributed by atoms with Crippen LogP contribution in [0, 0.1) is 11.7 Å². The Balaban J connectivity index is 1.15. The minimum Gasteiger partial charge on any atom is -0.360 e. The molecule has 6 heteroatoms. The van der Waals surface area contributed by atoms with Gasteiger partial charge in [-0.2, -0.15) is 11.3 Å². The maximum absolute atomic E-state index is 13.6. The summed E-state index contributed by atoms with van der Waals surface area (Å²) in [7, 11) is 0. The highest BCUT2D eigenvalue weighted by molar-refractivity contribution is 7.08. The number of carbonyl (C=O) groups is 1. The van der Waals surface area contributed by atoms with Crippen molar-refractivity contribution < 1.29 is 9.18 Å². The lowest BCUT2D eigenvalue weighted by Crippen LogP contribution is -2.38. The van der Waals surface area contributed by atoms with Crippen LogP contribution in [0.2, 0.25) is 0 Å². The van der Waals surface area contributed by atoms with Gasteiger partial charge in [-0.15, -0.1) is 0 Å². The van der Waals surface area contributed by atoms with Gasteiger partial charge in [-0.3, -0.25) is 4.79 Å². The number of carbonyl (C=O) groups excluding carboxylic acids is 1. The quantitative estimate of drug-likeness (QED) is 0.369. The van der Waals surface area contributed by atoms with Crippen molar-refractivity contribution in [3.63, 3.8) is 0 Å². The molecule has 0 bridgehead atoms. The molecule has 4 aromatic rings. The van der Waals surface area contributed by atoms with E-state index in [0.717, 1.165) is 62.0 Å². The Morgan fingerprint density at radius 2 is 1.80 bits per heavy atom. The number of H-pyrrole nitrogens is 1. The third kappa shape index (κ3) is 4.53. The molecular formula is C29H30FN3OS. The number of nitrogens with one attached hydrogen (secondary N) is 1. The molecule has 0 spiro atoms. The van der Waals surface area contributed by atoms with E-state index in [1.165, 1.54) is 11.1 Å². The molecule has 2 atom stereocenters. The molecule has 4 heterocycles. The number of benzene rings is 2. The van der Waals surface area contributed by atoms with E-state index in [9.17, 15) is 9.18 Å². The van der Waals surface area contributed by atoms with Gasteiger partial charge < -0.3 is 14.8 Å². The fraction of sp³-hybridized carbons (Fsp3) is 0.345. The SMILES string of the molecule is O=C(c1c[nH]c2ccccc12)N1CC(CN2CCC(c3ccc(F)cc3)CC2)C(c2ccsc2)C1. The first-order valence-corrected chi connectivity index (χ1v) is 13.5. The van der Waals surface area contributed by atoms with Crippen LogP contribution in [0.3, 0.4) is 0 Å². The number of hydrogen-bond acceptors (Lipinski definition) is 3. The van der Waals surface area contributed by atoms with Gasteiger partial charge in [0.1, 0.15) is 5.82 Å². The Morgan fingerprint density at radius 3 is 2.57 bits per heavy atom. The summed E-state index contributed by atoms with van der Waals surface area (Å²) in [6.07, 6.45) is 4.05. The van der Waals surface area contributed by atoms with E-state index in [-0.39, 0.29) is 11.7 Å². The van der Waals surface area contributed by atoms with E-state index < -0.39 is 0 Å². The van der Waals surface area contributed by atoms with E-state index in [0.29, 0.717) is 17.8 Å². The van der Waals surface area contributed by atoms with Gasteiger partial charge in [0.15, 0.2) is 0 Å². The number of hydrogen-bond donors (Lipinski definition) is 1. The number of para-hydroxylation sites is 1. The van der Waals surface area contributed by atoms with Crippen molar-refractivity contribution in [3.8, 4) is 0 Å². The van der Waals surface area contributed by atoms with Gasteiger partial charge in [0, 0.05) is 42.7 Å². The fourth-order valence-electron chi connectivity index (χ4n) is 6.02. The predicted molar refractivity (Wildman–Crippen MR) is 140 cm³/mol. The lowest BCUT2D eigenvalue weighted by molar-refractivity contribution is 0.0783. The molecule has 1 amide bonds. The van der Waals surface area contributed by atoms with Gasteiger partial charge in [0.05, 0.1) is 5.56 Å². The Kier molecular flexibility index (Phi) is 6.17. The highest BCUT2D eigenvalue weighted by Crippen LogP contribution is 2.37. The molecule has 6 rings (SSSR count). The highest BCUT2D eigenvalue weighted by atomic mass is 32.1. The summed E-state index contributed by atoms with van der Waals surface area (Å²) in [5.41, 5.74) is 4.38. The van der Waals surface area contributed by atoms with Crippen LogP contribution in [0.15, 0.2) is 71.6 Å². The first-order chi connectivity index (χ1) is 17.2. The normalized spacial score (nSPS) is 21.7. The average Bonchev–Trinajstić information content (AvgIpc) is 3.64. The molecule has 0 saturated carbocycles. The molecule has 2 fully saturated rings. The number of halogens is 1. The van der Waals surface area contributed by atoms with Crippen molar-refractivity contribution in [2.75, 3.05) is 32.7 Å². The summed E-state index contributed by atoms with van der Waals surface area (Å²) in [6.45, 7) is 4.66. The van der Waals surface area contributed by atoms with E-state index in [1.54, 1.807) is 23.5 Å². The molecule has 2 aromatic heterocycles. The Bertz CT molecular complexity index is 1290. The van der Waals surface area contributed by atoms with Gasteiger partial charge in [-0.25, -0.2) is 4.39 Å². The second kappa shape index (κ2) is 9.59. The van der Waals surface area contributed by atoms with Crippen LogP contribution in [0.5, 0.6) is 0 Å². The van der Waals surface area contributed by atoms with Crippen LogP contribution < -0.4 is 0 Å². The molecule has 2 aliphatic heterocycles. The van der Waals surface area contributed by atoms with Crippen molar-refractivity contribution >= 4 is 28.1 Å². The van der Waals surface area contributed by atoms with E-state index in [2.05, 4.69) is 31.6 Å². The van der Waals surface area contributed by atoms with Crippen LogP contribution in [-0.2, 0) is 0 Å². The number of rotatable bonds is 5. The zero-order valence-corrected chi connectivity index (χ0v) is 20.5. The fourth-order valence-corrected chi connectivity index (χ4v) is 6.74. The van der Waals surface area contributed by atoms with Crippen LogP contribution in [0.1, 0.15) is 46.2 Å². The lowest BCUT2D eigenvalue weighted by Gasteiger charge is -2.34. The van der Waals surface area contributed by atoms with Crippen molar-refractivity contribution in [3.05, 3.63) is 94.1 Å². The van der Waals surface area contributed by atoms with E-state index in [4.69, 9.17) is 0 Å². The second-order valence-electron chi connectivity index (χ2n) is 10.0. The van der Waals surface area contributed by atoms with Crippen LogP contribution in [0.25, 0.3) is 10.9 Å². The zero-order valence-electron chi connectivity index (χ0n) is 19.7. The number of fused-ring (bicyclic) bond motifs is 1. The van der Waals surface area contributed by atoms with Gasteiger partial charge in [-0.05, 0) is 83.9 Å². The smallest absolute Gasteiger partial charge is 0.256 e. The monoisotopic (exact) mass is 487 g/mol. The maximum Gasteiger partial charge on any atom is 0.256 e. The third-order valence-electron chi connectivity index (χ3n) is 7.94. The number of nitrogens with zero attached hydrogens (tertiary/aromatic N) is 2. The molecule has 2 aromatic carbocycles. The first kappa shape index (κ1) is 22.5. The number of amides is 1. The molecule has 0 radical (unpaired) electrons. The molecule has 35 heavy (non-hydrogen) atoms. The van der Waals surface area contributed by atoms with Crippen molar-refractivity contribution in [1.29, 1.82) is 0 Å². The van der Waals surface area contributed by atoms with Gasteiger partial charge >= 0.3 is 0 Å². The number of thiophene rings is 1. The zero-order chi connectivity index (χ0) is 23.8. The number of aromatic nitrogens is 1. The molecule has 2 unspecified atom stereocenters. The average molecular weight is 488 g/mol. The summed E-state index contributed by atoms with van der Waals surface area (Å²) < 4.78 is 13.3. The van der Waals surface area contributed by atoms with Crippen molar-refractivity contribution in [2.24, 2.45) is 5.92 Å². The molecule has 0 aliphatic carbocycles. The molecule has 2 saturated heterocycles. The first-order valence-electron chi connectivity index (χ1n) is 12.5. The van der Waals surface area contributed by atoms with Gasteiger partial charge in [0.2, 0.25) is 0 Å². The summed E-state index contributed by atoms with van der Waals surface area (Å²) in [5, 5.41) is 5.39. The van der Waals surface area contributed by atoms with Gasteiger partial charge in [-0.1, -0.05) is 30.3 Å².